The predicted octanol–water partition coefficient (Wildman–Crippen LogP) is 1.42. The van der Waals surface area contributed by atoms with Crippen LogP contribution in [-0.2, 0) is 0 Å². The van der Waals surface area contributed by atoms with E-state index in [4.69, 9.17) is 16.2 Å². The van der Waals surface area contributed by atoms with Crippen LogP contribution in [0.4, 0.5) is 5.69 Å². The van der Waals surface area contributed by atoms with Crippen molar-refractivity contribution in [2.75, 3.05) is 0 Å². The first-order valence-corrected chi connectivity index (χ1v) is 6.64. The normalized spacial score (nSPS) is 10.3. The van der Waals surface area contributed by atoms with Crippen molar-refractivity contribution in [3.63, 3.8) is 0 Å². The van der Waals surface area contributed by atoms with Crippen LogP contribution in [0.5, 0.6) is 5.75 Å². The molecule has 9 heteroatoms. The van der Waals surface area contributed by atoms with Gasteiger partial charge in [0.2, 0.25) is 5.96 Å². The van der Waals surface area contributed by atoms with E-state index < -0.39 is 10.9 Å². The summed E-state index contributed by atoms with van der Waals surface area (Å²) in [6.45, 7) is 0. The van der Waals surface area contributed by atoms with Crippen molar-refractivity contribution in [3.05, 3.63) is 69.8 Å². The van der Waals surface area contributed by atoms with Crippen LogP contribution in [0.15, 0.2) is 58.7 Å². The Morgan fingerprint density at radius 2 is 1.71 bits per heavy atom. The number of hydrogen-bond acceptors (Lipinski definition) is 6. The van der Waals surface area contributed by atoms with E-state index in [2.05, 4.69) is 10.2 Å². The first-order valence-electron chi connectivity index (χ1n) is 6.64. The number of hydrogen-bond donors (Lipinski definition) is 2. The lowest BCUT2D eigenvalue weighted by molar-refractivity contribution is -0.384. The molecular weight excluding hydrogens is 314 g/mol. The molecule has 0 spiro atoms. The van der Waals surface area contributed by atoms with Crippen molar-refractivity contribution in [2.45, 2.75) is 0 Å². The number of carbonyl (C=O) groups is 1. The van der Waals surface area contributed by atoms with Crippen molar-refractivity contribution >= 4 is 23.8 Å². The quantitative estimate of drug-likeness (QED) is 0.212. The van der Waals surface area contributed by atoms with Gasteiger partial charge in [0.15, 0.2) is 0 Å². The minimum atomic E-state index is -0.619. The first-order chi connectivity index (χ1) is 11.5. The summed E-state index contributed by atoms with van der Waals surface area (Å²) in [5, 5.41) is 17.7. The minimum Gasteiger partial charge on any atom is -0.423 e. The number of nitrogens with zero attached hydrogens (tertiary/aromatic N) is 3. The maximum atomic E-state index is 12.0. The first kappa shape index (κ1) is 16.6. The second-order valence-corrected chi connectivity index (χ2v) is 4.53. The number of guanidine groups is 1. The van der Waals surface area contributed by atoms with E-state index in [0.717, 1.165) is 0 Å². The van der Waals surface area contributed by atoms with E-state index in [0.29, 0.717) is 11.3 Å². The molecule has 0 fully saturated rings. The number of carbonyl (C=O) groups excluding carboxylic acids is 1. The average Bonchev–Trinajstić information content (AvgIpc) is 2.56. The van der Waals surface area contributed by atoms with Crippen LogP contribution >= 0.6 is 0 Å². The van der Waals surface area contributed by atoms with Gasteiger partial charge in [0.1, 0.15) is 5.75 Å². The van der Waals surface area contributed by atoms with E-state index in [-0.39, 0.29) is 17.2 Å². The second kappa shape index (κ2) is 7.49. The summed E-state index contributed by atoms with van der Waals surface area (Å²) in [6, 6.07) is 11.6. The lowest BCUT2D eigenvalue weighted by atomic mass is 10.2. The number of non-ortho nitro benzene ring substituents is 1. The van der Waals surface area contributed by atoms with Gasteiger partial charge in [0.05, 0.1) is 16.7 Å². The Balaban J connectivity index is 2.02. The molecule has 0 heterocycles. The lowest BCUT2D eigenvalue weighted by Crippen LogP contribution is -2.21. The monoisotopic (exact) mass is 327 g/mol. The Morgan fingerprint density at radius 3 is 2.25 bits per heavy atom. The van der Waals surface area contributed by atoms with Gasteiger partial charge in [-0.15, -0.1) is 5.10 Å². The Hall–Kier alpha value is -3.75. The molecule has 122 valence electrons. The molecule has 0 bridgehead atoms. The summed E-state index contributed by atoms with van der Waals surface area (Å²) in [4.78, 5) is 22.0. The number of rotatable bonds is 5. The van der Waals surface area contributed by atoms with Crippen LogP contribution in [-0.4, -0.2) is 23.1 Å². The van der Waals surface area contributed by atoms with Gasteiger partial charge in [-0.1, -0.05) is 0 Å². The SMILES string of the molecule is NC(N)=N/N=C\c1ccc(OC(=O)c2ccc([N+](=O)[O-])cc2)cc1. The summed E-state index contributed by atoms with van der Waals surface area (Å²) >= 11 is 0. The van der Waals surface area contributed by atoms with Crippen molar-refractivity contribution in [3.8, 4) is 5.75 Å². The molecule has 0 saturated carbocycles. The highest BCUT2D eigenvalue weighted by Crippen LogP contribution is 2.16. The maximum absolute atomic E-state index is 12.0. The Morgan fingerprint density at radius 1 is 1.08 bits per heavy atom. The molecule has 2 rings (SSSR count). The fraction of sp³-hybridized carbons (Fsp3) is 0. The Bertz CT molecular complexity index is 794. The van der Waals surface area contributed by atoms with E-state index in [1.165, 1.54) is 30.5 Å². The number of nitrogens with two attached hydrogens (primary N) is 2. The molecule has 0 saturated heterocycles. The van der Waals surface area contributed by atoms with E-state index in [9.17, 15) is 14.9 Å². The van der Waals surface area contributed by atoms with Crippen molar-refractivity contribution in [1.29, 1.82) is 0 Å². The highest BCUT2D eigenvalue weighted by molar-refractivity contribution is 5.91. The van der Waals surface area contributed by atoms with Crippen LogP contribution < -0.4 is 16.2 Å². The highest BCUT2D eigenvalue weighted by atomic mass is 16.6. The Kier molecular flexibility index (Phi) is 5.19. The van der Waals surface area contributed by atoms with Gasteiger partial charge in [-0.2, -0.15) is 5.10 Å². The van der Waals surface area contributed by atoms with Crippen LogP contribution in [0.2, 0.25) is 0 Å². The van der Waals surface area contributed by atoms with Gasteiger partial charge in [0, 0.05) is 12.1 Å². The molecule has 0 radical (unpaired) electrons. The van der Waals surface area contributed by atoms with Gasteiger partial charge in [-0.05, 0) is 42.0 Å². The third-order valence-electron chi connectivity index (χ3n) is 2.78. The number of ether oxygens (including phenoxy) is 1. The number of nitro groups is 1. The molecule has 0 aliphatic carbocycles. The maximum Gasteiger partial charge on any atom is 0.343 e. The van der Waals surface area contributed by atoms with Crippen molar-refractivity contribution < 1.29 is 14.5 Å². The molecule has 9 nitrogen and oxygen atoms in total. The molecule has 0 aliphatic rings. The van der Waals surface area contributed by atoms with Crippen LogP contribution in [0.3, 0.4) is 0 Å². The number of benzene rings is 2. The average molecular weight is 327 g/mol. The molecule has 0 unspecified atom stereocenters. The largest absolute Gasteiger partial charge is 0.423 e. The van der Waals surface area contributed by atoms with Gasteiger partial charge in [0.25, 0.3) is 5.69 Å². The summed E-state index contributed by atoms with van der Waals surface area (Å²) in [5.74, 6) is -0.455. The zero-order valence-electron chi connectivity index (χ0n) is 12.3. The molecule has 2 aromatic rings. The molecule has 4 N–H and O–H groups in total. The van der Waals surface area contributed by atoms with Crippen LogP contribution in [0.25, 0.3) is 0 Å². The Labute approximate surface area is 136 Å². The summed E-state index contributed by atoms with van der Waals surface area (Å²) in [5.41, 5.74) is 11.1. The predicted molar refractivity (Wildman–Crippen MR) is 87.9 cm³/mol. The lowest BCUT2D eigenvalue weighted by Gasteiger charge is -2.04. The van der Waals surface area contributed by atoms with E-state index >= 15 is 0 Å². The zero-order chi connectivity index (χ0) is 17.5. The van der Waals surface area contributed by atoms with Crippen LogP contribution in [0, 0.1) is 10.1 Å². The molecule has 0 atom stereocenters. The smallest absolute Gasteiger partial charge is 0.343 e. The highest BCUT2D eigenvalue weighted by Gasteiger charge is 2.11. The molecule has 0 amide bonds. The molecule has 2 aromatic carbocycles. The standard InChI is InChI=1S/C15H13N5O4/c16-15(17)19-18-9-10-1-7-13(8-2-10)24-14(21)11-3-5-12(6-4-11)20(22)23/h1-9H,(H4,16,17,19)/b18-9-. The molecular formula is C15H13N5O4. The number of nitro benzene ring substituents is 1. The fourth-order valence-electron chi connectivity index (χ4n) is 1.67. The third-order valence-corrected chi connectivity index (χ3v) is 2.78. The number of esters is 1. The van der Waals surface area contributed by atoms with Gasteiger partial charge in [-0.25, -0.2) is 4.79 Å². The summed E-state index contributed by atoms with van der Waals surface area (Å²) in [7, 11) is 0. The van der Waals surface area contributed by atoms with E-state index in [1.807, 2.05) is 0 Å². The molecule has 24 heavy (non-hydrogen) atoms. The zero-order valence-corrected chi connectivity index (χ0v) is 12.3. The van der Waals surface area contributed by atoms with Gasteiger partial charge < -0.3 is 16.2 Å². The molecule has 0 aromatic heterocycles. The van der Waals surface area contributed by atoms with Crippen LogP contribution in [0.1, 0.15) is 15.9 Å². The van der Waals surface area contributed by atoms with Gasteiger partial charge in [-0.3, -0.25) is 10.1 Å². The van der Waals surface area contributed by atoms with Gasteiger partial charge >= 0.3 is 5.97 Å². The fourth-order valence-corrected chi connectivity index (χ4v) is 1.67. The summed E-state index contributed by atoms with van der Waals surface area (Å²) in [6.07, 6.45) is 1.43. The van der Waals surface area contributed by atoms with Crippen molar-refractivity contribution in [1.82, 2.24) is 0 Å². The second-order valence-electron chi connectivity index (χ2n) is 4.53. The van der Waals surface area contributed by atoms with E-state index in [1.54, 1.807) is 24.3 Å². The third kappa shape index (κ3) is 4.63. The minimum absolute atomic E-state index is 0.101. The topological polar surface area (TPSA) is 146 Å². The summed E-state index contributed by atoms with van der Waals surface area (Å²) < 4.78 is 5.18. The molecule has 0 aliphatic heterocycles. The van der Waals surface area contributed by atoms with Crippen molar-refractivity contribution in [2.24, 2.45) is 21.7 Å².